The highest BCUT2D eigenvalue weighted by molar-refractivity contribution is 6.21. The lowest BCUT2D eigenvalue weighted by Crippen LogP contribution is -2.63. The Kier molecular flexibility index (Phi) is 5.21. The number of halogens is 2. The van der Waals surface area contributed by atoms with Gasteiger partial charge >= 0.3 is 0 Å². The highest BCUT2D eigenvalue weighted by atomic mass is 35.5. The summed E-state index contributed by atoms with van der Waals surface area (Å²) in [5.74, 6) is 0.788. The number of alkyl halides is 2. The largest absolute Gasteiger partial charge is 0.299 e. The van der Waals surface area contributed by atoms with E-state index in [1.807, 2.05) is 0 Å². The summed E-state index contributed by atoms with van der Waals surface area (Å²) in [6.45, 7) is 6.10. The lowest BCUT2D eigenvalue weighted by atomic mass is 10.0. The van der Waals surface area contributed by atoms with Crippen LogP contribution in [0.4, 0.5) is 0 Å². The zero-order valence-corrected chi connectivity index (χ0v) is 11.4. The maximum atomic E-state index is 6.53. The molecule has 2 nitrogen and oxygen atoms in total. The van der Waals surface area contributed by atoms with Crippen LogP contribution < -0.4 is 0 Å². The number of rotatable bonds is 6. The first-order valence-electron chi connectivity index (χ1n) is 6.47. The molecule has 3 rings (SSSR count). The zero-order chi connectivity index (χ0) is 11.4. The summed E-state index contributed by atoms with van der Waals surface area (Å²) < 4.78 is 0. The van der Waals surface area contributed by atoms with Gasteiger partial charge in [-0.1, -0.05) is 12.8 Å². The van der Waals surface area contributed by atoms with E-state index in [9.17, 15) is 0 Å². The third-order valence-electron chi connectivity index (χ3n) is 3.85. The molecule has 0 N–H and O–H groups in total. The Labute approximate surface area is 109 Å². The summed E-state index contributed by atoms with van der Waals surface area (Å²) in [7, 11) is 0. The number of hydrogen-bond acceptors (Lipinski definition) is 2. The van der Waals surface area contributed by atoms with Gasteiger partial charge in [-0.05, 0) is 12.8 Å². The monoisotopic (exact) mass is 264 g/mol. The molecule has 0 amide bonds. The Morgan fingerprint density at radius 1 is 1.06 bits per heavy atom. The van der Waals surface area contributed by atoms with Crippen LogP contribution in [0.1, 0.15) is 25.7 Å². The summed E-state index contributed by atoms with van der Waals surface area (Å²) in [4.78, 5) is 5.14. The van der Waals surface area contributed by atoms with Gasteiger partial charge in [-0.15, -0.1) is 23.2 Å². The molecule has 2 unspecified atom stereocenters. The quantitative estimate of drug-likeness (QED) is 0.537. The smallest absolute Gasteiger partial charge is 0.0503 e. The molecule has 2 atom stereocenters. The van der Waals surface area contributed by atoms with Gasteiger partial charge in [0.25, 0.3) is 0 Å². The van der Waals surface area contributed by atoms with Gasteiger partial charge in [0.05, 0.1) is 5.38 Å². The van der Waals surface area contributed by atoms with Crippen molar-refractivity contribution >= 4 is 23.2 Å². The maximum Gasteiger partial charge on any atom is 0.0503 e. The van der Waals surface area contributed by atoms with Gasteiger partial charge in [-0.2, -0.15) is 0 Å². The predicted molar refractivity (Wildman–Crippen MR) is 70.6 cm³/mol. The van der Waals surface area contributed by atoms with E-state index in [-0.39, 0.29) is 0 Å². The van der Waals surface area contributed by atoms with Crippen molar-refractivity contribution in [3.63, 3.8) is 0 Å². The van der Waals surface area contributed by atoms with Crippen LogP contribution in [0.25, 0.3) is 0 Å². The van der Waals surface area contributed by atoms with E-state index >= 15 is 0 Å². The minimum absolute atomic E-state index is 0.332. The minimum atomic E-state index is 0.332. The summed E-state index contributed by atoms with van der Waals surface area (Å²) in [6, 6.07) is 0.597. The molecule has 0 aliphatic carbocycles. The van der Waals surface area contributed by atoms with E-state index in [4.69, 9.17) is 23.2 Å². The lowest BCUT2D eigenvalue weighted by molar-refractivity contribution is 0.0106. The molecule has 0 spiro atoms. The fraction of sp³-hybridized carbons (Fsp3) is 1.00. The highest BCUT2D eigenvalue weighted by Gasteiger charge is 2.35. The summed E-state index contributed by atoms with van der Waals surface area (Å²) in [5.41, 5.74) is 0. The highest BCUT2D eigenvalue weighted by Crippen LogP contribution is 2.24. The van der Waals surface area contributed by atoms with Crippen molar-refractivity contribution in [1.29, 1.82) is 0 Å². The molecule has 0 aromatic heterocycles. The van der Waals surface area contributed by atoms with Crippen molar-refractivity contribution in [2.75, 3.05) is 38.6 Å². The number of nitrogens with zero attached hydrogens (tertiary/aromatic N) is 2. The zero-order valence-electron chi connectivity index (χ0n) is 9.88. The van der Waals surface area contributed by atoms with Crippen LogP contribution in [0, 0.1) is 0 Å². The van der Waals surface area contributed by atoms with Crippen molar-refractivity contribution < 1.29 is 0 Å². The van der Waals surface area contributed by atoms with E-state index in [1.54, 1.807) is 0 Å². The fourth-order valence-electron chi connectivity index (χ4n) is 2.80. The normalized spacial score (nSPS) is 35.2. The van der Waals surface area contributed by atoms with Crippen LogP contribution in [0.5, 0.6) is 0 Å². The molecule has 3 saturated heterocycles. The first-order valence-corrected chi connectivity index (χ1v) is 7.45. The van der Waals surface area contributed by atoms with Gasteiger partial charge in [0, 0.05) is 44.6 Å². The van der Waals surface area contributed by atoms with Gasteiger partial charge < -0.3 is 0 Å². The SMILES string of the molecule is ClCCCCCC(Cl)C1CN2CCN1CC2. The molecule has 2 bridgehead atoms. The fourth-order valence-corrected chi connectivity index (χ4v) is 3.39. The van der Waals surface area contributed by atoms with Crippen molar-refractivity contribution in [2.24, 2.45) is 0 Å². The van der Waals surface area contributed by atoms with E-state index in [2.05, 4.69) is 9.80 Å². The number of piperazine rings is 3. The second-order valence-electron chi connectivity index (χ2n) is 4.96. The number of hydrogen-bond donors (Lipinski definition) is 0. The third-order valence-corrected chi connectivity index (χ3v) is 4.63. The Morgan fingerprint density at radius 2 is 1.81 bits per heavy atom. The molecule has 3 aliphatic rings. The van der Waals surface area contributed by atoms with Crippen LogP contribution in [-0.2, 0) is 0 Å². The van der Waals surface area contributed by atoms with Gasteiger partial charge in [-0.25, -0.2) is 0 Å². The molecule has 3 fully saturated rings. The molecule has 0 saturated carbocycles. The van der Waals surface area contributed by atoms with Gasteiger partial charge in [0.15, 0.2) is 0 Å². The van der Waals surface area contributed by atoms with E-state index in [0.29, 0.717) is 11.4 Å². The van der Waals surface area contributed by atoms with Gasteiger partial charge in [-0.3, -0.25) is 9.80 Å². The van der Waals surface area contributed by atoms with Crippen molar-refractivity contribution in [3.05, 3.63) is 0 Å². The van der Waals surface area contributed by atoms with Gasteiger partial charge in [0.2, 0.25) is 0 Å². The Hall–Kier alpha value is 0.500. The standard InChI is InChI=1S/C12H22Cl2N2/c13-5-3-1-2-4-11(14)12-10-15-6-8-16(12)9-7-15/h11-12H,1-10H2. The van der Waals surface area contributed by atoms with Crippen molar-refractivity contribution in [2.45, 2.75) is 37.1 Å². The molecule has 16 heavy (non-hydrogen) atoms. The molecule has 4 heteroatoms. The van der Waals surface area contributed by atoms with Crippen LogP contribution in [-0.4, -0.2) is 59.8 Å². The van der Waals surface area contributed by atoms with Crippen LogP contribution in [0.15, 0.2) is 0 Å². The molecule has 0 aromatic carbocycles. The molecule has 94 valence electrons. The van der Waals surface area contributed by atoms with Crippen molar-refractivity contribution in [3.8, 4) is 0 Å². The van der Waals surface area contributed by atoms with Crippen LogP contribution >= 0.6 is 23.2 Å². The summed E-state index contributed by atoms with van der Waals surface area (Å²) >= 11 is 12.2. The van der Waals surface area contributed by atoms with E-state index in [1.165, 1.54) is 45.6 Å². The number of fused-ring (bicyclic) bond motifs is 3. The van der Waals surface area contributed by atoms with Crippen LogP contribution in [0.2, 0.25) is 0 Å². The molecule has 3 heterocycles. The molecule has 0 aromatic rings. The molecule has 0 radical (unpaired) electrons. The first kappa shape index (κ1) is 12.9. The average Bonchev–Trinajstić information content (AvgIpc) is 2.36. The Balaban J connectivity index is 1.70. The third kappa shape index (κ3) is 3.25. The molecular weight excluding hydrogens is 243 g/mol. The van der Waals surface area contributed by atoms with Crippen molar-refractivity contribution in [1.82, 2.24) is 9.80 Å². The van der Waals surface area contributed by atoms with E-state index in [0.717, 1.165) is 18.7 Å². The van der Waals surface area contributed by atoms with Crippen LogP contribution in [0.3, 0.4) is 0 Å². The predicted octanol–water partition coefficient (Wildman–Crippen LogP) is 2.39. The Morgan fingerprint density at radius 3 is 2.38 bits per heavy atom. The second-order valence-corrected chi connectivity index (χ2v) is 5.90. The Bertz CT molecular complexity index is 205. The van der Waals surface area contributed by atoms with E-state index < -0.39 is 0 Å². The maximum absolute atomic E-state index is 6.53. The lowest BCUT2D eigenvalue weighted by Gasteiger charge is -2.49. The summed E-state index contributed by atoms with van der Waals surface area (Å²) in [5, 5.41) is 0.332. The molecule has 3 aliphatic heterocycles. The first-order chi connectivity index (χ1) is 7.81. The average molecular weight is 265 g/mol. The topological polar surface area (TPSA) is 6.48 Å². The second kappa shape index (κ2) is 6.44. The van der Waals surface area contributed by atoms with Gasteiger partial charge in [0.1, 0.15) is 0 Å². The minimum Gasteiger partial charge on any atom is -0.299 e. The summed E-state index contributed by atoms with van der Waals surface area (Å²) in [6.07, 6.45) is 4.73. The molecular formula is C12H22Cl2N2. The number of unbranched alkanes of at least 4 members (excludes halogenated alkanes) is 2.